The summed E-state index contributed by atoms with van der Waals surface area (Å²) in [4.78, 5) is 27.8. The van der Waals surface area contributed by atoms with Crippen LogP contribution in [0.15, 0.2) is 41.5 Å². The maximum Gasteiger partial charge on any atom is 0.260 e. The van der Waals surface area contributed by atoms with Gasteiger partial charge in [-0.15, -0.1) is 0 Å². The normalized spacial score (nSPS) is 14.7. The van der Waals surface area contributed by atoms with E-state index >= 15 is 0 Å². The van der Waals surface area contributed by atoms with Gasteiger partial charge in [-0.05, 0) is 24.6 Å². The molecule has 0 bridgehead atoms. The van der Waals surface area contributed by atoms with Gasteiger partial charge in [-0.2, -0.15) is 5.26 Å². The number of fused-ring (bicyclic) bond motifs is 1. The van der Waals surface area contributed by atoms with Crippen molar-refractivity contribution in [2.75, 3.05) is 13.1 Å². The molecule has 0 spiro atoms. The van der Waals surface area contributed by atoms with Crippen molar-refractivity contribution in [2.45, 2.75) is 25.9 Å². The maximum absolute atomic E-state index is 13.2. The molecule has 0 atom stereocenters. The number of carbonyl (C=O) groups is 1. The molecule has 3 aromatic rings. The second-order valence-corrected chi connectivity index (χ2v) is 7.82. The Hall–Kier alpha value is -3.53. The number of ether oxygens (including phenoxy) is 1. The average Bonchev–Trinajstić information content (AvgIpc) is 3.10. The number of hydrogen-bond acceptors (Lipinski definition) is 4. The third-order valence-corrected chi connectivity index (χ3v) is 5.74. The Morgan fingerprint density at radius 3 is 2.53 bits per heavy atom. The molecule has 0 N–H and O–H groups in total. The second kappa shape index (κ2) is 7.71. The van der Waals surface area contributed by atoms with E-state index in [4.69, 9.17) is 4.74 Å². The molecular formula is C23H24N4O3. The number of pyridine rings is 1. The van der Waals surface area contributed by atoms with Crippen molar-refractivity contribution >= 4 is 16.8 Å². The van der Waals surface area contributed by atoms with Crippen molar-refractivity contribution in [3.05, 3.63) is 63.7 Å². The summed E-state index contributed by atoms with van der Waals surface area (Å²) >= 11 is 0. The fourth-order valence-corrected chi connectivity index (χ4v) is 4.26. The molecule has 0 saturated carbocycles. The highest BCUT2D eigenvalue weighted by atomic mass is 16.5. The van der Waals surface area contributed by atoms with Gasteiger partial charge in [0, 0.05) is 52.4 Å². The van der Waals surface area contributed by atoms with Crippen molar-refractivity contribution < 1.29 is 9.53 Å². The first-order valence-electron chi connectivity index (χ1n) is 10.0. The SMILES string of the molecule is Cc1cn(C)c(=O)c2c(C(=O)N3CCC(Oc4ccccc4C#N)CC3)cn(C)c12. The van der Waals surface area contributed by atoms with Crippen molar-refractivity contribution in [1.82, 2.24) is 14.0 Å². The van der Waals surface area contributed by atoms with Gasteiger partial charge < -0.3 is 18.8 Å². The minimum absolute atomic E-state index is 0.0498. The van der Waals surface area contributed by atoms with Crippen LogP contribution in [0.25, 0.3) is 10.9 Å². The monoisotopic (exact) mass is 404 g/mol. The van der Waals surface area contributed by atoms with Gasteiger partial charge in [0.25, 0.3) is 11.5 Å². The van der Waals surface area contributed by atoms with Gasteiger partial charge in [0.2, 0.25) is 0 Å². The first-order chi connectivity index (χ1) is 14.4. The molecule has 1 aliphatic heterocycles. The van der Waals surface area contributed by atoms with Crippen LogP contribution in [0.4, 0.5) is 0 Å². The molecule has 1 aromatic carbocycles. The smallest absolute Gasteiger partial charge is 0.260 e. The Morgan fingerprint density at radius 1 is 1.13 bits per heavy atom. The van der Waals surface area contributed by atoms with Gasteiger partial charge in [0.15, 0.2) is 0 Å². The summed E-state index contributed by atoms with van der Waals surface area (Å²) in [7, 11) is 3.57. The predicted molar refractivity (Wildman–Crippen MR) is 114 cm³/mol. The Labute approximate surface area is 174 Å². The van der Waals surface area contributed by atoms with Crippen molar-refractivity contribution in [1.29, 1.82) is 5.26 Å². The third kappa shape index (κ3) is 3.35. The Kier molecular flexibility index (Phi) is 5.08. The highest BCUT2D eigenvalue weighted by Gasteiger charge is 2.28. The highest BCUT2D eigenvalue weighted by molar-refractivity contribution is 6.07. The molecule has 0 aliphatic carbocycles. The number of nitrogens with zero attached hydrogens (tertiary/aromatic N) is 4. The van der Waals surface area contributed by atoms with Gasteiger partial charge in [0.05, 0.1) is 22.0 Å². The lowest BCUT2D eigenvalue weighted by atomic mass is 10.1. The number of rotatable bonds is 3. The molecule has 7 nitrogen and oxygen atoms in total. The number of likely N-dealkylation sites (tertiary alicyclic amines) is 1. The topological polar surface area (TPSA) is 80.3 Å². The Balaban J connectivity index is 1.53. The summed E-state index contributed by atoms with van der Waals surface area (Å²) < 4.78 is 9.40. The Morgan fingerprint density at radius 2 is 1.83 bits per heavy atom. The molecule has 30 heavy (non-hydrogen) atoms. The molecule has 1 amide bonds. The lowest BCUT2D eigenvalue weighted by Gasteiger charge is -2.32. The number of benzene rings is 1. The lowest BCUT2D eigenvalue weighted by Crippen LogP contribution is -2.42. The van der Waals surface area contributed by atoms with Crippen LogP contribution >= 0.6 is 0 Å². The van der Waals surface area contributed by atoms with Gasteiger partial charge in [-0.3, -0.25) is 9.59 Å². The van der Waals surface area contributed by atoms with Crippen LogP contribution < -0.4 is 10.3 Å². The third-order valence-electron chi connectivity index (χ3n) is 5.74. The predicted octanol–water partition coefficient (Wildman–Crippen LogP) is 2.74. The van der Waals surface area contributed by atoms with Crippen LogP contribution in [0.3, 0.4) is 0 Å². The molecule has 3 heterocycles. The van der Waals surface area contributed by atoms with E-state index in [9.17, 15) is 14.9 Å². The molecule has 7 heteroatoms. The minimum Gasteiger partial charge on any atom is -0.489 e. The van der Waals surface area contributed by atoms with E-state index in [-0.39, 0.29) is 17.6 Å². The van der Waals surface area contributed by atoms with Crippen molar-refractivity contribution in [3.63, 3.8) is 0 Å². The fourth-order valence-electron chi connectivity index (χ4n) is 4.26. The lowest BCUT2D eigenvalue weighted by molar-refractivity contribution is 0.0596. The zero-order valence-electron chi connectivity index (χ0n) is 17.4. The summed E-state index contributed by atoms with van der Waals surface area (Å²) in [5.41, 5.74) is 2.56. The number of amides is 1. The van der Waals surface area contributed by atoms with Crippen LogP contribution in [-0.2, 0) is 14.1 Å². The molecule has 1 aliphatic rings. The van der Waals surface area contributed by atoms with E-state index < -0.39 is 0 Å². The number of hydrogen-bond donors (Lipinski definition) is 0. The van der Waals surface area contributed by atoms with E-state index in [1.165, 1.54) is 4.57 Å². The van der Waals surface area contributed by atoms with Gasteiger partial charge >= 0.3 is 0 Å². The number of piperidine rings is 1. The highest BCUT2D eigenvalue weighted by Crippen LogP contribution is 2.25. The fraction of sp³-hybridized carbons (Fsp3) is 0.348. The standard InChI is InChI=1S/C23H24N4O3/c1-15-13-26(3)23(29)20-18(14-25(2)21(15)20)22(28)27-10-8-17(9-11-27)30-19-7-5-4-6-16(19)12-24/h4-7,13-14,17H,8-11H2,1-3H3. The summed E-state index contributed by atoms with van der Waals surface area (Å²) in [6, 6.07) is 9.33. The van der Waals surface area contributed by atoms with E-state index in [0.29, 0.717) is 48.2 Å². The summed E-state index contributed by atoms with van der Waals surface area (Å²) in [5.74, 6) is 0.456. The summed E-state index contributed by atoms with van der Waals surface area (Å²) in [6.45, 7) is 3.03. The van der Waals surface area contributed by atoms with E-state index in [0.717, 1.165) is 11.1 Å². The van der Waals surface area contributed by atoms with E-state index in [2.05, 4.69) is 6.07 Å². The van der Waals surface area contributed by atoms with Gasteiger partial charge in [-0.25, -0.2) is 0 Å². The number of aromatic nitrogens is 2. The Bertz CT molecular complexity index is 1220. The van der Waals surface area contributed by atoms with Crippen LogP contribution in [0.2, 0.25) is 0 Å². The number of carbonyl (C=O) groups excluding carboxylic acids is 1. The molecular weight excluding hydrogens is 380 g/mol. The average molecular weight is 404 g/mol. The van der Waals surface area contributed by atoms with Crippen molar-refractivity contribution in [3.8, 4) is 11.8 Å². The molecule has 2 aromatic heterocycles. The van der Waals surface area contributed by atoms with Gasteiger partial charge in [-0.1, -0.05) is 12.1 Å². The number of nitriles is 1. The first-order valence-corrected chi connectivity index (χ1v) is 10.0. The number of para-hydroxylation sites is 1. The molecule has 1 fully saturated rings. The van der Waals surface area contributed by atoms with Crippen LogP contribution in [0.5, 0.6) is 5.75 Å². The maximum atomic E-state index is 13.2. The van der Waals surface area contributed by atoms with E-state index in [1.54, 1.807) is 36.5 Å². The van der Waals surface area contributed by atoms with Crippen LogP contribution in [0, 0.1) is 18.3 Å². The summed E-state index contributed by atoms with van der Waals surface area (Å²) in [5, 5.41) is 9.70. The molecule has 154 valence electrons. The zero-order chi connectivity index (χ0) is 21.4. The molecule has 1 saturated heterocycles. The van der Waals surface area contributed by atoms with Crippen LogP contribution in [-0.4, -0.2) is 39.1 Å². The first kappa shape index (κ1) is 19.8. The quantitative estimate of drug-likeness (QED) is 0.672. The molecule has 0 unspecified atom stereocenters. The van der Waals surface area contributed by atoms with Gasteiger partial charge in [0.1, 0.15) is 17.9 Å². The van der Waals surface area contributed by atoms with E-state index in [1.807, 2.05) is 30.7 Å². The zero-order valence-corrected chi connectivity index (χ0v) is 17.4. The number of aryl methyl sites for hydroxylation is 3. The van der Waals surface area contributed by atoms with Crippen molar-refractivity contribution in [2.24, 2.45) is 14.1 Å². The molecule has 0 radical (unpaired) electrons. The largest absolute Gasteiger partial charge is 0.489 e. The minimum atomic E-state index is -0.161. The van der Waals surface area contributed by atoms with Crippen LogP contribution in [0.1, 0.15) is 34.3 Å². The summed E-state index contributed by atoms with van der Waals surface area (Å²) in [6.07, 6.45) is 4.85. The second-order valence-electron chi connectivity index (χ2n) is 7.82. The molecule has 4 rings (SSSR count).